The van der Waals surface area contributed by atoms with Crippen molar-refractivity contribution in [3.8, 4) is 5.88 Å². The van der Waals surface area contributed by atoms with E-state index in [1.165, 1.54) is 0 Å². The first kappa shape index (κ1) is 15.1. The summed E-state index contributed by atoms with van der Waals surface area (Å²) < 4.78 is 90.3. The van der Waals surface area contributed by atoms with Crippen LogP contribution >= 0.6 is 11.6 Å². The molecule has 1 aliphatic heterocycles. The van der Waals surface area contributed by atoms with E-state index in [2.05, 4.69) is 15.3 Å². The van der Waals surface area contributed by atoms with Crippen LogP contribution in [0.5, 0.6) is 5.88 Å². The number of carbonyl (C=O) groups is 1. The molecule has 0 fully saturated rings. The van der Waals surface area contributed by atoms with Crippen LogP contribution in [-0.2, 0) is 10.3 Å². The highest BCUT2D eigenvalue weighted by Crippen LogP contribution is 2.38. The van der Waals surface area contributed by atoms with Gasteiger partial charge in [-0.3, -0.25) is 10.3 Å². The molecule has 2 heterocycles. The van der Waals surface area contributed by atoms with Crippen LogP contribution in [0.2, 0.25) is 5.02 Å². The lowest BCUT2D eigenvalue weighted by Gasteiger charge is -2.33. The maximum Gasteiger partial charge on any atom is 0.418 e. The smallest absolute Gasteiger partial charge is 0.391 e. The van der Waals surface area contributed by atoms with Crippen molar-refractivity contribution in [2.75, 3.05) is 18.5 Å². The fourth-order valence-electron chi connectivity index (χ4n) is 2.59. The van der Waals surface area contributed by atoms with Gasteiger partial charge in [-0.15, -0.1) is 0 Å². The van der Waals surface area contributed by atoms with E-state index in [0.29, 0.717) is 0 Å². The number of hydrogen-bond acceptors (Lipinski definition) is 6. The van der Waals surface area contributed by atoms with Gasteiger partial charge in [-0.05, 0) is 31.1 Å². The van der Waals surface area contributed by atoms with Crippen molar-refractivity contribution < 1.29 is 34.3 Å². The van der Waals surface area contributed by atoms with Gasteiger partial charge in [0.1, 0.15) is 18.3 Å². The molecular formula is C18H16ClF3N4O3. The number of benzene rings is 1. The fraction of sp³-hybridized carbons (Fsp3) is 0.278. The molecule has 1 aromatic carbocycles. The molecule has 1 atom stereocenters. The molecular weight excluding hydrogens is 413 g/mol. The minimum Gasteiger partial charge on any atom is -0.391 e. The Morgan fingerprint density at radius 2 is 2.34 bits per heavy atom. The third kappa shape index (κ3) is 4.43. The number of aliphatic imine (C=N–C) groups is 1. The monoisotopic (exact) mass is 433 g/mol. The summed E-state index contributed by atoms with van der Waals surface area (Å²) in [5.74, 6) is -2.21. The molecule has 11 heteroatoms. The van der Waals surface area contributed by atoms with Crippen LogP contribution in [0.25, 0.3) is 0 Å². The zero-order chi connectivity index (χ0) is 25.4. The van der Waals surface area contributed by atoms with Crippen molar-refractivity contribution >= 4 is 29.2 Å². The molecule has 29 heavy (non-hydrogen) atoms. The number of nitrogens with one attached hydrogen (secondary N) is 1. The van der Waals surface area contributed by atoms with Crippen LogP contribution in [0.15, 0.2) is 35.4 Å². The largest absolute Gasteiger partial charge is 0.418 e. The van der Waals surface area contributed by atoms with Gasteiger partial charge in [0.2, 0.25) is 5.88 Å². The molecule has 1 aliphatic rings. The number of amides is 1. The second-order valence-electron chi connectivity index (χ2n) is 5.87. The van der Waals surface area contributed by atoms with E-state index in [9.17, 15) is 18.0 Å². The molecule has 0 radical (unpaired) electrons. The van der Waals surface area contributed by atoms with Gasteiger partial charge in [0.25, 0.3) is 6.43 Å². The maximum atomic E-state index is 14.5. The molecule has 7 nitrogen and oxygen atoms in total. The number of nitrogens with zero attached hydrogens (tertiary/aromatic N) is 2. The zero-order valence-electron chi connectivity index (χ0n) is 19.4. The molecule has 2 aromatic rings. The molecule has 1 aromatic heterocycles. The third-order valence-electron chi connectivity index (χ3n) is 3.85. The van der Waals surface area contributed by atoms with Gasteiger partial charge in [-0.1, -0.05) is 11.6 Å². The number of aromatic nitrogens is 1. The van der Waals surface area contributed by atoms with Crippen LogP contribution in [0, 0.1) is 12.7 Å². The molecule has 0 saturated heterocycles. The minimum atomic E-state index is -3.21. The van der Waals surface area contributed by atoms with Crippen LogP contribution in [-0.4, -0.2) is 36.6 Å². The Morgan fingerprint density at radius 3 is 3.03 bits per heavy atom. The van der Waals surface area contributed by atoms with Crippen molar-refractivity contribution in [3.63, 3.8) is 0 Å². The lowest BCUT2D eigenvalue weighted by Crippen LogP contribution is -2.45. The summed E-state index contributed by atoms with van der Waals surface area (Å²) in [5, 5.41) is 1.56. The van der Waals surface area contributed by atoms with Crippen molar-refractivity contribution in [3.05, 3.63) is 52.4 Å². The van der Waals surface area contributed by atoms with Crippen LogP contribution in [0.1, 0.15) is 18.0 Å². The first-order valence-corrected chi connectivity index (χ1v) is 8.30. The van der Waals surface area contributed by atoms with E-state index in [1.54, 1.807) is 0 Å². The predicted molar refractivity (Wildman–Crippen MR) is 100 cm³/mol. The van der Waals surface area contributed by atoms with Crippen LogP contribution < -0.4 is 15.8 Å². The summed E-state index contributed by atoms with van der Waals surface area (Å²) in [7, 11) is 0. The highest BCUT2D eigenvalue weighted by Gasteiger charge is 2.46. The van der Waals surface area contributed by atoms with Crippen LogP contribution in [0.4, 0.5) is 23.7 Å². The Bertz CT molecular complexity index is 1170. The van der Waals surface area contributed by atoms with Crippen molar-refractivity contribution in [1.29, 1.82) is 0 Å². The number of anilines is 1. The lowest BCUT2D eigenvalue weighted by atomic mass is 9.90. The molecule has 0 saturated carbocycles. The first-order chi connectivity index (χ1) is 15.8. The Kier molecular flexibility index (Phi) is 4.29. The summed E-state index contributed by atoms with van der Waals surface area (Å²) in [6.07, 6.45) is -5.28. The second kappa shape index (κ2) is 8.26. The summed E-state index contributed by atoms with van der Waals surface area (Å²) in [6, 6.07) is 1.93. The van der Waals surface area contributed by atoms with Crippen molar-refractivity contribution in [2.24, 2.45) is 10.7 Å². The quantitative estimate of drug-likeness (QED) is 0.767. The van der Waals surface area contributed by atoms with E-state index in [0.717, 1.165) is 18.2 Å². The average molecular weight is 434 g/mol. The molecule has 0 spiro atoms. The summed E-state index contributed by atoms with van der Waals surface area (Å²) in [4.78, 5) is 19.6. The fourth-order valence-corrected chi connectivity index (χ4v) is 2.72. The number of hydrogen-bond donors (Lipinski definition) is 2. The average Bonchev–Trinajstić information content (AvgIpc) is 2.72. The highest BCUT2D eigenvalue weighted by molar-refractivity contribution is 6.30. The van der Waals surface area contributed by atoms with E-state index in [-0.39, 0.29) is 18.1 Å². The predicted octanol–water partition coefficient (Wildman–Crippen LogP) is 3.64. The van der Waals surface area contributed by atoms with Gasteiger partial charge in [0, 0.05) is 27.1 Å². The Labute approximate surface area is 175 Å². The SMILES string of the molecule is [2H]c1nc(OC(=O)Nc2ccc(F)c([C@]3(C(F)F)COCC(N)=N3)c2)c(C([2H])([2H])[2H])c([2H])c1Cl. The number of carbonyl (C=O) groups excluding carboxylic acids is 1. The maximum absolute atomic E-state index is 14.5. The number of ether oxygens (including phenoxy) is 2. The molecule has 0 aliphatic carbocycles. The number of alkyl halides is 2. The minimum absolute atomic E-state index is 0.212. The van der Waals surface area contributed by atoms with Gasteiger partial charge in [0.05, 0.1) is 14.4 Å². The molecule has 3 N–H and O–H groups in total. The summed E-state index contributed by atoms with van der Waals surface area (Å²) >= 11 is 5.71. The van der Waals surface area contributed by atoms with Crippen molar-refractivity contribution in [2.45, 2.75) is 18.8 Å². The summed E-state index contributed by atoms with van der Waals surface area (Å²) in [5.41, 5.74) is 1.40. The van der Waals surface area contributed by atoms with Crippen molar-refractivity contribution in [1.82, 2.24) is 4.98 Å². The number of rotatable bonds is 4. The second-order valence-corrected chi connectivity index (χ2v) is 6.25. The van der Waals surface area contributed by atoms with Gasteiger partial charge in [-0.2, -0.15) is 0 Å². The molecule has 0 bridgehead atoms. The van der Waals surface area contributed by atoms with Gasteiger partial charge in [0.15, 0.2) is 5.54 Å². The first-order valence-electron chi connectivity index (χ1n) is 10.4. The number of pyridine rings is 1. The topological polar surface area (TPSA) is 98.8 Å². The molecule has 154 valence electrons. The van der Waals surface area contributed by atoms with Gasteiger partial charge in [-0.25, -0.2) is 22.9 Å². The Morgan fingerprint density at radius 1 is 1.55 bits per heavy atom. The Hall–Kier alpha value is -2.85. The van der Waals surface area contributed by atoms with Gasteiger partial charge < -0.3 is 15.2 Å². The van der Waals surface area contributed by atoms with E-state index in [1.807, 2.05) is 0 Å². The lowest BCUT2D eigenvalue weighted by molar-refractivity contribution is -0.0145. The van der Waals surface area contributed by atoms with E-state index in [4.69, 9.17) is 33.7 Å². The van der Waals surface area contributed by atoms with Crippen LogP contribution in [0.3, 0.4) is 0 Å². The third-order valence-corrected chi connectivity index (χ3v) is 4.03. The van der Waals surface area contributed by atoms with Gasteiger partial charge >= 0.3 is 6.09 Å². The molecule has 3 rings (SSSR count). The standard InChI is InChI=1S/C18H16ClF3N4O3/c1-9-4-10(19)6-24-15(9)29-17(27)25-11-2-3-13(20)12(5-11)18(16(21)22)8-28-7-14(23)26-18/h2-6,16H,7-8H2,1H3,(H2,23,26)(H,25,27)/t18-/m0/s1/i1D3,4D,6D. The number of halogens is 4. The zero-order valence-corrected chi connectivity index (χ0v) is 15.2. The Balaban J connectivity index is 1.94. The van der Waals surface area contributed by atoms with E-state index < -0.39 is 71.6 Å². The molecule has 0 unspecified atom stereocenters. The molecule has 1 amide bonds. The van der Waals surface area contributed by atoms with E-state index >= 15 is 0 Å². The summed E-state index contributed by atoms with van der Waals surface area (Å²) in [6.45, 7) is -3.86. The normalized spacial score (nSPS) is 22.0. The number of amidine groups is 1. The number of nitrogens with two attached hydrogens (primary N) is 1. The highest BCUT2D eigenvalue weighted by atomic mass is 35.5.